The van der Waals surface area contributed by atoms with E-state index >= 15 is 0 Å². The molecule has 206 valence electrons. The molecule has 38 heavy (non-hydrogen) atoms. The zero-order valence-corrected chi connectivity index (χ0v) is 22.8. The third kappa shape index (κ3) is 7.45. The zero-order valence-electron chi connectivity index (χ0n) is 22.8. The van der Waals surface area contributed by atoms with Gasteiger partial charge in [-0.3, -0.25) is 9.59 Å². The van der Waals surface area contributed by atoms with Crippen molar-refractivity contribution in [2.24, 2.45) is 23.7 Å². The van der Waals surface area contributed by atoms with Crippen LogP contribution >= 0.6 is 0 Å². The minimum atomic E-state index is -0.845. The quantitative estimate of drug-likeness (QED) is 0.335. The van der Waals surface area contributed by atoms with Gasteiger partial charge >= 0.3 is 0 Å². The Morgan fingerprint density at radius 1 is 0.947 bits per heavy atom. The van der Waals surface area contributed by atoms with Crippen LogP contribution in [0.2, 0.25) is 0 Å². The molecule has 0 bridgehead atoms. The molecule has 0 heterocycles. The average molecular weight is 521 g/mol. The Bertz CT molecular complexity index is 1050. The first-order chi connectivity index (χ1) is 18.3. The molecule has 0 aliphatic heterocycles. The fourth-order valence-corrected chi connectivity index (χ4v) is 6.34. The summed E-state index contributed by atoms with van der Waals surface area (Å²) in [6.45, 7) is 4.43. The van der Waals surface area contributed by atoms with Gasteiger partial charge in [0.25, 0.3) is 0 Å². The van der Waals surface area contributed by atoms with Gasteiger partial charge in [-0.1, -0.05) is 81.3 Å². The lowest BCUT2D eigenvalue weighted by Crippen LogP contribution is -2.42. The summed E-state index contributed by atoms with van der Waals surface area (Å²) in [6, 6.07) is 17.1. The van der Waals surface area contributed by atoms with Crippen molar-refractivity contribution >= 4 is 11.8 Å². The molecule has 0 radical (unpaired) electrons. The van der Waals surface area contributed by atoms with Crippen molar-refractivity contribution in [3.8, 4) is 0 Å². The van der Waals surface area contributed by atoms with Gasteiger partial charge in [0.1, 0.15) is 0 Å². The Balaban J connectivity index is 1.40. The molecule has 4 rings (SSSR count). The predicted octanol–water partition coefficient (Wildman–Crippen LogP) is 4.34. The van der Waals surface area contributed by atoms with Gasteiger partial charge in [0.05, 0.1) is 18.2 Å². The van der Waals surface area contributed by atoms with Crippen molar-refractivity contribution in [1.82, 2.24) is 10.6 Å². The molecule has 6 heteroatoms. The van der Waals surface area contributed by atoms with Crippen molar-refractivity contribution in [2.45, 2.75) is 83.5 Å². The molecule has 4 N–H and O–H groups in total. The lowest BCUT2D eigenvalue weighted by molar-refractivity contribution is -0.128. The molecule has 1 saturated carbocycles. The molecule has 2 aliphatic rings. The SMILES string of the molecule is CC(C)CC(C(=O)NC[C@@H](O)C[C@@H](Cc1ccccc1)C(=O)N[C@H]1c2ccccc2C[C@H]1O)C1CCCC1. The smallest absolute Gasteiger partial charge is 0.224 e. The summed E-state index contributed by atoms with van der Waals surface area (Å²) in [5.41, 5.74) is 3.00. The van der Waals surface area contributed by atoms with Gasteiger partial charge in [0.15, 0.2) is 0 Å². The number of carbonyl (C=O) groups is 2. The molecule has 2 amide bonds. The van der Waals surface area contributed by atoms with Gasteiger partial charge in [-0.15, -0.1) is 0 Å². The highest BCUT2D eigenvalue weighted by Gasteiger charge is 2.35. The second-order valence-electron chi connectivity index (χ2n) is 11.8. The van der Waals surface area contributed by atoms with Crippen LogP contribution in [0.3, 0.4) is 0 Å². The van der Waals surface area contributed by atoms with Crippen LogP contribution in [0.4, 0.5) is 0 Å². The standard InChI is InChI=1S/C32H44N2O4/c1-21(2)16-28(23-12-6-7-13-23)32(38)33-20-26(35)18-25(17-22-10-4-3-5-11-22)31(37)34-30-27-15-9-8-14-24(27)19-29(30)36/h3-5,8-11,14-15,21,23,25-26,28-30,35-36H,6-7,12-13,16-20H2,1-2H3,(H,33,38)(H,34,37)/t25-,26+,28?,29-,30+/m1/s1. The fraction of sp³-hybridized carbons (Fsp3) is 0.562. The molecular formula is C32H44N2O4. The largest absolute Gasteiger partial charge is 0.391 e. The normalized spacial score (nSPS) is 21.6. The van der Waals surface area contributed by atoms with E-state index in [1.807, 2.05) is 54.6 Å². The number of nitrogens with one attached hydrogen (secondary N) is 2. The summed E-state index contributed by atoms with van der Waals surface area (Å²) < 4.78 is 0. The summed E-state index contributed by atoms with van der Waals surface area (Å²) in [6.07, 6.45) is 5.12. The highest BCUT2D eigenvalue weighted by atomic mass is 16.3. The number of rotatable bonds is 12. The molecule has 1 fully saturated rings. The number of aliphatic hydroxyl groups excluding tert-OH is 2. The molecule has 0 spiro atoms. The highest BCUT2D eigenvalue weighted by molar-refractivity contribution is 5.80. The summed E-state index contributed by atoms with van der Waals surface area (Å²) in [7, 11) is 0. The summed E-state index contributed by atoms with van der Waals surface area (Å²) >= 11 is 0. The Morgan fingerprint density at radius 2 is 1.63 bits per heavy atom. The van der Waals surface area contributed by atoms with E-state index in [4.69, 9.17) is 0 Å². The highest BCUT2D eigenvalue weighted by Crippen LogP contribution is 2.35. The van der Waals surface area contributed by atoms with Crippen molar-refractivity contribution in [3.63, 3.8) is 0 Å². The number of aliphatic hydroxyl groups is 2. The van der Waals surface area contributed by atoms with E-state index in [0.717, 1.165) is 36.0 Å². The third-order valence-electron chi connectivity index (χ3n) is 8.30. The number of fused-ring (bicyclic) bond motifs is 1. The number of benzene rings is 2. The molecule has 1 unspecified atom stereocenters. The molecule has 2 aromatic rings. The second kappa shape index (κ2) is 13.4. The summed E-state index contributed by atoms with van der Waals surface area (Å²) in [4.78, 5) is 26.7. The van der Waals surface area contributed by atoms with Crippen LogP contribution < -0.4 is 10.6 Å². The average Bonchev–Trinajstić information content (AvgIpc) is 3.54. The van der Waals surface area contributed by atoms with Crippen LogP contribution in [-0.2, 0) is 22.4 Å². The maximum atomic E-state index is 13.5. The molecule has 6 nitrogen and oxygen atoms in total. The van der Waals surface area contributed by atoms with Gasteiger partial charge < -0.3 is 20.8 Å². The van der Waals surface area contributed by atoms with Crippen molar-refractivity contribution < 1.29 is 19.8 Å². The van der Waals surface area contributed by atoms with Gasteiger partial charge in [-0.2, -0.15) is 0 Å². The van der Waals surface area contributed by atoms with Crippen LogP contribution in [0.1, 0.15) is 75.1 Å². The fourth-order valence-electron chi connectivity index (χ4n) is 6.34. The molecule has 0 saturated heterocycles. The molecule has 0 aromatic heterocycles. The second-order valence-corrected chi connectivity index (χ2v) is 11.8. The van der Waals surface area contributed by atoms with Gasteiger partial charge in [-0.05, 0) is 60.6 Å². The van der Waals surface area contributed by atoms with E-state index < -0.39 is 24.2 Å². The molecule has 2 aromatic carbocycles. The Labute approximate surface area is 227 Å². The van der Waals surface area contributed by atoms with Crippen molar-refractivity contribution in [2.75, 3.05) is 6.54 Å². The van der Waals surface area contributed by atoms with E-state index in [1.54, 1.807) is 0 Å². The van der Waals surface area contributed by atoms with Crippen LogP contribution in [0.15, 0.2) is 54.6 Å². The Kier molecular flexibility index (Phi) is 9.97. The van der Waals surface area contributed by atoms with Gasteiger partial charge in [-0.25, -0.2) is 0 Å². The van der Waals surface area contributed by atoms with Crippen LogP contribution in [0, 0.1) is 23.7 Å². The maximum absolute atomic E-state index is 13.5. The Morgan fingerprint density at radius 3 is 2.34 bits per heavy atom. The molecule has 5 atom stereocenters. The van der Waals surface area contributed by atoms with Gasteiger partial charge in [0.2, 0.25) is 11.8 Å². The maximum Gasteiger partial charge on any atom is 0.224 e. The van der Waals surface area contributed by atoms with E-state index in [1.165, 1.54) is 12.8 Å². The lowest BCUT2D eigenvalue weighted by Gasteiger charge is -2.26. The lowest BCUT2D eigenvalue weighted by atomic mass is 9.83. The Hall–Kier alpha value is -2.70. The monoisotopic (exact) mass is 520 g/mol. The van der Waals surface area contributed by atoms with E-state index in [-0.39, 0.29) is 30.7 Å². The zero-order chi connectivity index (χ0) is 27.1. The number of hydrogen-bond donors (Lipinski definition) is 4. The van der Waals surface area contributed by atoms with E-state index in [9.17, 15) is 19.8 Å². The number of carbonyl (C=O) groups excluding carboxylic acids is 2. The number of hydrogen-bond acceptors (Lipinski definition) is 4. The minimum absolute atomic E-state index is 0.0166. The van der Waals surface area contributed by atoms with E-state index in [2.05, 4.69) is 24.5 Å². The van der Waals surface area contributed by atoms with Crippen LogP contribution in [-0.4, -0.2) is 40.8 Å². The van der Waals surface area contributed by atoms with Crippen molar-refractivity contribution in [3.05, 3.63) is 71.3 Å². The minimum Gasteiger partial charge on any atom is -0.391 e. The molecular weight excluding hydrogens is 476 g/mol. The predicted molar refractivity (Wildman–Crippen MR) is 149 cm³/mol. The van der Waals surface area contributed by atoms with Crippen molar-refractivity contribution in [1.29, 1.82) is 0 Å². The van der Waals surface area contributed by atoms with E-state index in [0.29, 0.717) is 24.7 Å². The van der Waals surface area contributed by atoms with Crippen LogP contribution in [0.5, 0.6) is 0 Å². The summed E-state index contributed by atoms with van der Waals surface area (Å²) in [5.74, 6) is 0.184. The topological polar surface area (TPSA) is 98.7 Å². The first-order valence-corrected chi connectivity index (χ1v) is 14.4. The summed E-state index contributed by atoms with van der Waals surface area (Å²) in [5, 5.41) is 27.7. The molecule has 2 aliphatic carbocycles. The van der Waals surface area contributed by atoms with Gasteiger partial charge in [0, 0.05) is 24.8 Å². The first kappa shape index (κ1) is 28.3. The number of amides is 2. The van der Waals surface area contributed by atoms with Crippen LogP contribution in [0.25, 0.3) is 0 Å². The first-order valence-electron chi connectivity index (χ1n) is 14.4. The third-order valence-corrected chi connectivity index (χ3v) is 8.30.